The van der Waals surface area contributed by atoms with Gasteiger partial charge in [0, 0.05) is 73.3 Å². The molecular formula is C40H46F24N8P4Ru+4. The quantitative estimate of drug-likeness (QED) is 0.0388. The van der Waals surface area contributed by atoms with Gasteiger partial charge in [-0.25, -0.2) is 0 Å². The van der Waals surface area contributed by atoms with E-state index >= 15 is 0 Å². The summed E-state index contributed by atoms with van der Waals surface area (Å²) in [6, 6.07) is 36.9. The second-order valence-corrected chi connectivity index (χ2v) is 21.2. The molecule has 4 aromatic heterocycles. The minimum atomic E-state index is -10.7. The molecule has 0 aliphatic rings. The van der Waals surface area contributed by atoms with Crippen molar-refractivity contribution in [1.82, 2.24) is 34.6 Å². The fraction of sp³-hybridized carbons (Fsp3) is 0. The molecule has 0 atom stereocenters. The van der Waals surface area contributed by atoms with Crippen LogP contribution in [0, 0.1) is 0 Å². The van der Waals surface area contributed by atoms with Gasteiger partial charge < -0.3 is 24.6 Å². The Morgan fingerprint density at radius 3 is 0.623 bits per heavy atom. The minimum absolute atomic E-state index is 0. The summed E-state index contributed by atoms with van der Waals surface area (Å²) in [5.41, 5.74) is 6.97. The van der Waals surface area contributed by atoms with Gasteiger partial charge in [0.1, 0.15) is 0 Å². The van der Waals surface area contributed by atoms with Gasteiger partial charge in [0.15, 0.2) is 24.8 Å². The van der Waals surface area contributed by atoms with Crippen LogP contribution in [-0.2, 0) is 19.5 Å². The molecule has 0 radical (unpaired) electrons. The van der Waals surface area contributed by atoms with Gasteiger partial charge in [-0.3, -0.25) is 9.97 Å². The molecule has 0 saturated heterocycles. The van der Waals surface area contributed by atoms with Crippen molar-refractivity contribution in [1.29, 1.82) is 0 Å². The molecule has 0 unspecified atom stereocenters. The van der Waals surface area contributed by atoms with Crippen LogP contribution in [-0.4, -0.2) is 9.97 Å². The molecule has 77 heavy (non-hydrogen) atoms. The molecule has 0 aliphatic carbocycles. The predicted octanol–water partition coefficient (Wildman–Crippen LogP) is 22.3. The molecule has 2 aromatic carbocycles. The Labute approximate surface area is 435 Å². The number of hydrogen-bond acceptors (Lipinski definition) is 6. The van der Waals surface area contributed by atoms with E-state index in [1.165, 1.54) is 11.1 Å². The van der Waals surface area contributed by atoms with E-state index < -0.39 is 31.2 Å². The number of aromatic nitrogens is 4. The number of allylic oxidation sites excluding steroid dienone is 4. The molecule has 6 rings (SSSR count). The van der Waals surface area contributed by atoms with E-state index in [4.69, 9.17) is 0 Å². The minimum Gasteiger partial charge on any atom is -0.344 e. The maximum Gasteiger partial charge on any atom is 6.00 e. The molecule has 4 heterocycles. The fourth-order valence-electron chi connectivity index (χ4n) is 4.26. The number of pyridine rings is 4. The third-order valence-corrected chi connectivity index (χ3v) is 6.61. The molecule has 0 bridgehead atoms. The second-order valence-electron chi connectivity index (χ2n) is 13.6. The molecule has 6 aromatic rings. The summed E-state index contributed by atoms with van der Waals surface area (Å²) in [5.74, 6) is 0. The average Bonchev–Trinajstić information content (AvgIpc) is 3.19. The van der Waals surface area contributed by atoms with Crippen molar-refractivity contribution in [3.63, 3.8) is 0 Å². The Bertz CT molecular complexity index is 2470. The molecule has 12 N–H and O–H groups in total. The number of nitrogens with zero attached hydrogens (tertiary/aromatic N) is 4. The SMILES string of the molecule is C(/C=C/c1cc[n+](-c2ccccc2)cc1)=C\c1ccncc1.C(/C=C/c1cc[n+](-c2ccccc2)cc1)=C\c1ccncc1.F[P-](F)(F)(F)(F)F.F[P-](F)(F)(F)(F)F.F[P-](F)(F)(F)(F)F.F[P-](F)(F)(F)(F)F.N.N.N.N.[Ru+6]. The van der Waals surface area contributed by atoms with E-state index in [-0.39, 0.29) is 44.1 Å². The van der Waals surface area contributed by atoms with Crippen LogP contribution in [0.1, 0.15) is 22.3 Å². The molecule has 8 nitrogen and oxygen atoms in total. The van der Waals surface area contributed by atoms with Gasteiger partial charge in [0.2, 0.25) is 11.4 Å². The van der Waals surface area contributed by atoms with E-state index in [1.54, 1.807) is 24.8 Å². The van der Waals surface area contributed by atoms with Crippen molar-refractivity contribution >= 4 is 55.5 Å². The smallest absolute Gasteiger partial charge is 0.344 e. The largest absolute Gasteiger partial charge is 6.00 e. The summed E-state index contributed by atoms with van der Waals surface area (Å²) in [6.07, 6.45) is 31.9. The first-order valence-electron chi connectivity index (χ1n) is 18.5. The Kier molecular flexibility index (Phi) is 27.1. The first kappa shape index (κ1) is 80.4. The first-order valence-corrected chi connectivity index (χ1v) is 26.6. The number of rotatable bonds is 8. The Morgan fingerprint density at radius 1 is 0.273 bits per heavy atom. The Morgan fingerprint density at radius 2 is 0.442 bits per heavy atom. The summed E-state index contributed by atoms with van der Waals surface area (Å²) >= 11 is 0. The van der Waals surface area contributed by atoms with Crippen LogP contribution < -0.4 is 33.7 Å². The zero-order valence-electron chi connectivity index (χ0n) is 38.5. The number of hydrogen-bond donors (Lipinski definition) is 4. The van der Waals surface area contributed by atoms with Crippen LogP contribution in [0.15, 0.2) is 183 Å². The van der Waals surface area contributed by atoms with Gasteiger partial charge in [-0.2, -0.15) is 9.13 Å². The molecular weight excluding hydrogens is 1270 g/mol. The summed E-state index contributed by atoms with van der Waals surface area (Å²) in [6.45, 7) is 0. The van der Waals surface area contributed by atoms with Crippen LogP contribution in [0.2, 0.25) is 0 Å². The predicted molar refractivity (Wildman–Crippen MR) is 255 cm³/mol. The number of para-hydroxylation sites is 2. The van der Waals surface area contributed by atoms with Gasteiger partial charge in [-0.15, -0.1) is 0 Å². The fourth-order valence-corrected chi connectivity index (χ4v) is 4.26. The van der Waals surface area contributed by atoms with Gasteiger partial charge in [0.05, 0.1) is 0 Å². The van der Waals surface area contributed by atoms with Crippen molar-refractivity contribution in [3.8, 4) is 11.4 Å². The molecule has 37 heteroatoms. The zero-order chi connectivity index (χ0) is 55.7. The topological polar surface area (TPSA) is 174 Å². The monoisotopic (exact) mass is 1320 g/mol. The third-order valence-electron chi connectivity index (χ3n) is 6.61. The number of halogens is 24. The molecule has 0 saturated carbocycles. The summed E-state index contributed by atoms with van der Waals surface area (Å²) in [4.78, 5) is 8.00. The second kappa shape index (κ2) is 26.0. The molecule has 438 valence electrons. The van der Waals surface area contributed by atoms with Crippen molar-refractivity contribution in [2.75, 3.05) is 0 Å². The standard InChI is InChI=1S/2C20H17N2.4F6P.4H3N.Ru/c2*1-2-8-20(9-3-1)22-16-12-19(13-17-22)7-5-4-6-18-10-14-21-15-11-18;4*1-7(2,3,4,5)6;;;;;/h2*1-17H;;;;;4*1H3;/q2*+1;4*-1;;;;;+6/b2*6-4+,7-5+;;;;;;;;;. The van der Waals surface area contributed by atoms with E-state index in [0.717, 1.165) is 22.5 Å². The van der Waals surface area contributed by atoms with Crippen molar-refractivity contribution in [2.24, 2.45) is 0 Å². The van der Waals surface area contributed by atoms with Crippen LogP contribution in [0.25, 0.3) is 35.7 Å². The van der Waals surface area contributed by atoms with Crippen LogP contribution in [0.5, 0.6) is 0 Å². The number of benzene rings is 2. The van der Waals surface area contributed by atoms with Crippen LogP contribution in [0.4, 0.5) is 101 Å². The van der Waals surface area contributed by atoms with E-state index in [0.29, 0.717) is 0 Å². The van der Waals surface area contributed by atoms with Gasteiger partial charge >= 0.3 is 151 Å². The average molecular weight is 1320 g/mol. The van der Waals surface area contributed by atoms with Crippen molar-refractivity contribution < 1.29 is 129 Å². The van der Waals surface area contributed by atoms with E-state index in [2.05, 4.69) is 117 Å². The zero-order valence-corrected chi connectivity index (χ0v) is 43.8. The maximum atomic E-state index is 9.87. The maximum absolute atomic E-state index is 10.7. The summed E-state index contributed by atoms with van der Waals surface area (Å²) in [7, 11) is -42.6. The normalized spacial score (nSPS) is 14.9. The Balaban J connectivity index is -0.000000292. The van der Waals surface area contributed by atoms with Crippen LogP contribution >= 0.6 is 31.2 Å². The van der Waals surface area contributed by atoms with E-state index in [1.807, 2.05) is 85.0 Å². The molecule has 0 aliphatic heterocycles. The first-order chi connectivity index (χ1) is 31.6. The molecule has 0 amide bonds. The van der Waals surface area contributed by atoms with E-state index in [9.17, 15) is 101 Å². The van der Waals surface area contributed by atoms with Gasteiger partial charge in [0.25, 0.3) is 0 Å². The third kappa shape index (κ3) is 70.5. The molecule has 0 fully saturated rings. The molecule has 0 spiro atoms. The van der Waals surface area contributed by atoms with Gasteiger partial charge in [-0.05, 0) is 46.5 Å². The summed E-state index contributed by atoms with van der Waals surface area (Å²) < 4.78 is 241. The van der Waals surface area contributed by atoms with Crippen LogP contribution in [0.3, 0.4) is 0 Å². The van der Waals surface area contributed by atoms with Crippen molar-refractivity contribution in [3.05, 3.63) is 205 Å². The van der Waals surface area contributed by atoms with Crippen molar-refractivity contribution in [2.45, 2.75) is 0 Å². The van der Waals surface area contributed by atoms with Gasteiger partial charge in [-0.1, -0.05) is 85.0 Å². The Hall–Kier alpha value is -5.50. The summed E-state index contributed by atoms with van der Waals surface area (Å²) in [5, 5.41) is 0.